The van der Waals surface area contributed by atoms with Crippen molar-refractivity contribution >= 4 is 17.2 Å². The molecule has 3 heterocycles. The van der Waals surface area contributed by atoms with E-state index in [-0.39, 0.29) is 5.91 Å². The summed E-state index contributed by atoms with van der Waals surface area (Å²) in [5, 5.41) is 2.91. The average Bonchev–Trinajstić information content (AvgIpc) is 3.17. The van der Waals surface area contributed by atoms with Gasteiger partial charge in [-0.1, -0.05) is 0 Å². The Hall–Kier alpha value is -0.950. The number of likely N-dealkylation sites (tertiary alicyclic amines) is 1. The second kappa shape index (κ2) is 11.1. The second-order valence-electron chi connectivity index (χ2n) is 7.76. The summed E-state index contributed by atoms with van der Waals surface area (Å²) >= 11 is 1.93. The van der Waals surface area contributed by atoms with Gasteiger partial charge in [0.2, 0.25) is 5.91 Å². The molecule has 1 amide bonds. The summed E-state index contributed by atoms with van der Waals surface area (Å²) in [6.07, 6.45) is 8.06. The fourth-order valence-corrected chi connectivity index (χ4v) is 5.13. The van der Waals surface area contributed by atoms with Crippen LogP contribution in [0.2, 0.25) is 0 Å². The number of hydrogen-bond acceptors (Lipinski definition) is 5. The molecular formula is C21H34N2O3S. The van der Waals surface area contributed by atoms with Crippen LogP contribution < -0.4 is 5.32 Å². The lowest BCUT2D eigenvalue weighted by molar-refractivity contribution is -0.121. The third kappa shape index (κ3) is 6.86. The number of thiophene rings is 1. The summed E-state index contributed by atoms with van der Waals surface area (Å²) in [5.74, 6) is 0.842. The Bertz CT molecular complexity index is 564. The maximum absolute atomic E-state index is 11.8. The first-order chi connectivity index (χ1) is 13.2. The van der Waals surface area contributed by atoms with Crippen LogP contribution in [0.1, 0.15) is 60.8 Å². The van der Waals surface area contributed by atoms with Gasteiger partial charge in [0.05, 0.1) is 12.7 Å². The molecule has 1 atom stereocenters. The van der Waals surface area contributed by atoms with Crippen LogP contribution >= 0.6 is 11.3 Å². The minimum atomic E-state index is 0.158. The molecule has 2 saturated heterocycles. The molecule has 0 unspecified atom stereocenters. The van der Waals surface area contributed by atoms with Crippen LogP contribution in [0, 0.1) is 5.92 Å². The molecule has 0 spiro atoms. The van der Waals surface area contributed by atoms with Gasteiger partial charge in [-0.15, -0.1) is 11.3 Å². The van der Waals surface area contributed by atoms with Crippen LogP contribution in [0.3, 0.4) is 0 Å². The molecule has 2 aliphatic rings. The predicted octanol–water partition coefficient (Wildman–Crippen LogP) is 3.74. The fourth-order valence-electron chi connectivity index (χ4n) is 3.99. The van der Waals surface area contributed by atoms with E-state index in [1.165, 1.54) is 41.9 Å². The van der Waals surface area contributed by atoms with E-state index in [0.29, 0.717) is 31.6 Å². The number of carbonyl (C=O) groups is 1. The number of ether oxygens (including phenoxy) is 2. The molecule has 6 heteroatoms. The zero-order valence-corrected chi connectivity index (χ0v) is 17.4. The second-order valence-corrected chi connectivity index (χ2v) is 8.96. The third-order valence-electron chi connectivity index (χ3n) is 5.67. The van der Waals surface area contributed by atoms with Gasteiger partial charge < -0.3 is 14.8 Å². The van der Waals surface area contributed by atoms with Crippen molar-refractivity contribution in [3.05, 3.63) is 21.9 Å². The molecule has 27 heavy (non-hydrogen) atoms. The first kappa shape index (κ1) is 20.8. The first-order valence-corrected chi connectivity index (χ1v) is 11.2. The Balaban J connectivity index is 1.33. The molecule has 0 radical (unpaired) electrons. The minimum absolute atomic E-state index is 0.158. The van der Waals surface area contributed by atoms with Crippen molar-refractivity contribution in [2.45, 2.75) is 57.6 Å². The van der Waals surface area contributed by atoms with Crippen LogP contribution in [0.25, 0.3) is 0 Å². The molecule has 0 aliphatic carbocycles. The molecule has 152 valence electrons. The van der Waals surface area contributed by atoms with Crippen LogP contribution in [0.4, 0.5) is 0 Å². The van der Waals surface area contributed by atoms with Gasteiger partial charge in [0.15, 0.2) is 0 Å². The molecule has 0 saturated carbocycles. The van der Waals surface area contributed by atoms with Gasteiger partial charge >= 0.3 is 0 Å². The van der Waals surface area contributed by atoms with E-state index < -0.39 is 0 Å². The summed E-state index contributed by atoms with van der Waals surface area (Å²) in [7, 11) is 1.65. The number of nitrogens with one attached hydrogen (secondary N) is 1. The number of methoxy groups -OCH3 is 1. The number of amides is 1. The standard InChI is InChI=1S/C21H34N2O3S/c1-25-15-11-22-21(24)8-5-17-9-12-23(13-10-17)16-18-6-7-20(27-18)19-4-2-3-14-26-19/h6-7,17,19H,2-5,8-16H2,1H3,(H,22,24)/t19-/m1/s1. The minimum Gasteiger partial charge on any atom is -0.383 e. The molecule has 1 aromatic heterocycles. The number of piperidine rings is 1. The molecule has 2 aliphatic heterocycles. The lowest BCUT2D eigenvalue weighted by Crippen LogP contribution is -2.33. The van der Waals surface area contributed by atoms with Crippen molar-refractivity contribution in [3.63, 3.8) is 0 Å². The van der Waals surface area contributed by atoms with E-state index in [1.54, 1.807) is 7.11 Å². The number of carbonyl (C=O) groups excluding carboxylic acids is 1. The quantitative estimate of drug-likeness (QED) is 0.648. The highest BCUT2D eigenvalue weighted by Gasteiger charge is 2.22. The van der Waals surface area contributed by atoms with Crippen LogP contribution in [-0.2, 0) is 20.8 Å². The fraction of sp³-hybridized carbons (Fsp3) is 0.762. The van der Waals surface area contributed by atoms with E-state index in [4.69, 9.17) is 9.47 Å². The van der Waals surface area contributed by atoms with Gasteiger partial charge in [0.1, 0.15) is 0 Å². The number of hydrogen-bond donors (Lipinski definition) is 1. The molecular weight excluding hydrogens is 360 g/mol. The van der Waals surface area contributed by atoms with Crippen molar-refractivity contribution in [2.24, 2.45) is 5.92 Å². The Kier molecular flexibility index (Phi) is 8.58. The van der Waals surface area contributed by atoms with Crippen LogP contribution in [0.15, 0.2) is 12.1 Å². The van der Waals surface area contributed by atoms with E-state index in [2.05, 4.69) is 22.3 Å². The highest BCUT2D eigenvalue weighted by Crippen LogP contribution is 2.33. The van der Waals surface area contributed by atoms with Gasteiger partial charge in [0.25, 0.3) is 0 Å². The topological polar surface area (TPSA) is 50.8 Å². The Labute approximate surface area is 167 Å². The molecule has 1 aromatic rings. The van der Waals surface area contributed by atoms with Crippen molar-refractivity contribution in [1.29, 1.82) is 0 Å². The van der Waals surface area contributed by atoms with Gasteiger partial charge in [-0.3, -0.25) is 9.69 Å². The highest BCUT2D eigenvalue weighted by molar-refractivity contribution is 7.12. The summed E-state index contributed by atoms with van der Waals surface area (Å²) in [6.45, 7) is 5.45. The van der Waals surface area contributed by atoms with Gasteiger partial charge in [-0.2, -0.15) is 0 Å². The van der Waals surface area contributed by atoms with E-state index >= 15 is 0 Å². The Morgan fingerprint density at radius 1 is 1.30 bits per heavy atom. The smallest absolute Gasteiger partial charge is 0.220 e. The first-order valence-electron chi connectivity index (χ1n) is 10.4. The van der Waals surface area contributed by atoms with Crippen LogP contribution in [0.5, 0.6) is 0 Å². The van der Waals surface area contributed by atoms with Gasteiger partial charge in [-0.05, 0) is 69.7 Å². The average molecular weight is 395 g/mol. The van der Waals surface area contributed by atoms with Gasteiger partial charge in [0, 0.05) is 43.0 Å². The molecule has 2 fully saturated rings. The summed E-state index contributed by atoms with van der Waals surface area (Å²) in [5.41, 5.74) is 0. The zero-order chi connectivity index (χ0) is 18.9. The molecule has 3 rings (SSSR count). The van der Waals surface area contributed by atoms with E-state index in [9.17, 15) is 4.79 Å². The van der Waals surface area contributed by atoms with Crippen molar-refractivity contribution in [1.82, 2.24) is 10.2 Å². The van der Waals surface area contributed by atoms with Crippen molar-refractivity contribution in [3.8, 4) is 0 Å². The molecule has 1 N–H and O–H groups in total. The van der Waals surface area contributed by atoms with Crippen molar-refractivity contribution in [2.75, 3.05) is 40.0 Å². The predicted molar refractivity (Wildman–Crippen MR) is 109 cm³/mol. The lowest BCUT2D eigenvalue weighted by Gasteiger charge is -2.31. The van der Waals surface area contributed by atoms with Crippen LogP contribution in [-0.4, -0.2) is 50.8 Å². The third-order valence-corrected chi connectivity index (χ3v) is 6.84. The maximum atomic E-state index is 11.8. The number of rotatable bonds is 9. The van der Waals surface area contributed by atoms with E-state index in [0.717, 1.165) is 32.7 Å². The highest BCUT2D eigenvalue weighted by atomic mass is 32.1. The largest absolute Gasteiger partial charge is 0.383 e. The zero-order valence-electron chi connectivity index (χ0n) is 16.6. The lowest BCUT2D eigenvalue weighted by atomic mass is 9.92. The Morgan fingerprint density at radius 2 is 2.15 bits per heavy atom. The summed E-state index contributed by atoms with van der Waals surface area (Å²) in [4.78, 5) is 17.2. The SMILES string of the molecule is COCCNC(=O)CCC1CCN(Cc2ccc([C@H]3CCCCO3)s2)CC1. The van der Waals surface area contributed by atoms with Gasteiger partial charge in [-0.25, -0.2) is 0 Å². The van der Waals surface area contributed by atoms with E-state index in [1.807, 2.05) is 11.3 Å². The summed E-state index contributed by atoms with van der Waals surface area (Å²) < 4.78 is 10.9. The summed E-state index contributed by atoms with van der Waals surface area (Å²) in [6, 6.07) is 4.55. The molecule has 5 nitrogen and oxygen atoms in total. The molecule has 0 aromatic carbocycles. The maximum Gasteiger partial charge on any atom is 0.220 e. The normalized spacial score (nSPS) is 22.0. The molecule has 0 bridgehead atoms. The number of nitrogens with zero attached hydrogens (tertiary/aromatic N) is 1. The Morgan fingerprint density at radius 3 is 2.89 bits per heavy atom. The monoisotopic (exact) mass is 394 g/mol. The van der Waals surface area contributed by atoms with Crippen molar-refractivity contribution < 1.29 is 14.3 Å².